The van der Waals surface area contributed by atoms with Gasteiger partial charge in [-0.2, -0.15) is 8.42 Å². The fourth-order valence-electron chi connectivity index (χ4n) is 3.62. The Balaban J connectivity index is 1.68. The Labute approximate surface area is 180 Å². The van der Waals surface area contributed by atoms with Gasteiger partial charge in [-0.3, -0.25) is 9.52 Å². The van der Waals surface area contributed by atoms with Gasteiger partial charge in [0.05, 0.1) is 23.7 Å². The molecule has 1 amide bonds. The Morgan fingerprint density at radius 2 is 1.97 bits per heavy atom. The Morgan fingerprint density at radius 1 is 1.23 bits per heavy atom. The molecule has 31 heavy (non-hydrogen) atoms. The molecule has 1 aromatic heterocycles. The van der Waals surface area contributed by atoms with Crippen molar-refractivity contribution in [3.05, 3.63) is 41.9 Å². The lowest BCUT2D eigenvalue weighted by Crippen LogP contribution is -2.46. The number of likely N-dealkylation sites (N-methyl/N-ethyl adjacent to an activating group) is 1. The van der Waals surface area contributed by atoms with Crippen LogP contribution >= 0.6 is 0 Å². The van der Waals surface area contributed by atoms with Crippen molar-refractivity contribution in [2.24, 2.45) is 0 Å². The molecule has 3 heterocycles. The molecule has 0 atom stereocenters. The standard InChI is InChI=1S/C20H25FN6O3S/c1-25-8-10-27(11-9-25)18(28)6-5-14-15(24-31(29,30)17-4-3-7-22-17)12-16-20(19(14)21)23-13-26(16)2/h3-7,12,22-24H,8-11,13H2,1-2H3/b6-5+. The molecule has 11 heteroatoms. The molecule has 166 valence electrons. The van der Waals surface area contributed by atoms with Crippen molar-refractivity contribution < 1.29 is 17.6 Å². The van der Waals surface area contributed by atoms with Crippen LogP contribution in [0.25, 0.3) is 6.08 Å². The molecule has 0 aliphatic carbocycles. The first kappa shape index (κ1) is 21.2. The monoisotopic (exact) mass is 448 g/mol. The third kappa shape index (κ3) is 4.23. The number of nitrogens with zero attached hydrogens (tertiary/aromatic N) is 3. The second kappa shape index (κ2) is 8.23. The summed E-state index contributed by atoms with van der Waals surface area (Å²) in [6.07, 6.45) is 4.12. The van der Waals surface area contributed by atoms with E-state index in [-0.39, 0.29) is 27.9 Å². The summed E-state index contributed by atoms with van der Waals surface area (Å²) >= 11 is 0. The predicted octanol–water partition coefficient (Wildman–Crippen LogP) is 1.56. The number of rotatable bonds is 5. The van der Waals surface area contributed by atoms with Gasteiger partial charge in [0.2, 0.25) is 5.91 Å². The highest BCUT2D eigenvalue weighted by molar-refractivity contribution is 7.92. The summed E-state index contributed by atoms with van der Waals surface area (Å²) in [5.74, 6) is -0.857. The van der Waals surface area contributed by atoms with Crippen LogP contribution in [0.15, 0.2) is 35.5 Å². The van der Waals surface area contributed by atoms with E-state index in [2.05, 4.69) is 19.9 Å². The summed E-state index contributed by atoms with van der Waals surface area (Å²) in [6.45, 7) is 3.10. The maximum atomic E-state index is 15.4. The Bertz CT molecular complexity index is 1110. The second-order valence-corrected chi connectivity index (χ2v) is 9.33. The number of aromatic nitrogens is 1. The average Bonchev–Trinajstić information content (AvgIpc) is 3.39. The predicted molar refractivity (Wildman–Crippen MR) is 118 cm³/mol. The van der Waals surface area contributed by atoms with Gasteiger partial charge in [-0.25, -0.2) is 4.39 Å². The summed E-state index contributed by atoms with van der Waals surface area (Å²) in [7, 11) is -0.193. The van der Waals surface area contributed by atoms with Crippen molar-refractivity contribution >= 4 is 39.1 Å². The Morgan fingerprint density at radius 3 is 2.65 bits per heavy atom. The number of halogens is 1. The molecule has 4 rings (SSSR count). The molecule has 9 nitrogen and oxygen atoms in total. The fraction of sp³-hybridized carbons (Fsp3) is 0.350. The highest BCUT2D eigenvalue weighted by atomic mass is 32.2. The molecule has 2 aliphatic heterocycles. The minimum atomic E-state index is -3.96. The minimum Gasteiger partial charge on any atom is -0.364 e. The quantitative estimate of drug-likeness (QED) is 0.601. The highest BCUT2D eigenvalue weighted by Crippen LogP contribution is 2.40. The van der Waals surface area contributed by atoms with E-state index in [4.69, 9.17) is 0 Å². The van der Waals surface area contributed by atoms with Gasteiger partial charge in [-0.15, -0.1) is 0 Å². The number of hydrogen-bond donors (Lipinski definition) is 3. The van der Waals surface area contributed by atoms with Crippen LogP contribution in [0, 0.1) is 5.82 Å². The average molecular weight is 449 g/mol. The number of H-pyrrole nitrogens is 1. The van der Waals surface area contributed by atoms with Crippen molar-refractivity contribution in [2.75, 3.05) is 61.9 Å². The summed E-state index contributed by atoms with van der Waals surface area (Å²) in [4.78, 5) is 20.8. The smallest absolute Gasteiger partial charge is 0.277 e. The number of piperazine rings is 1. The zero-order valence-corrected chi connectivity index (χ0v) is 18.2. The number of carbonyl (C=O) groups is 1. The van der Waals surface area contributed by atoms with E-state index in [0.717, 1.165) is 13.1 Å². The van der Waals surface area contributed by atoms with Crippen LogP contribution in [0.2, 0.25) is 0 Å². The largest absolute Gasteiger partial charge is 0.364 e. The molecule has 0 unspecified atom stereocenters. The maximum absolute atomic E-state index is 15.4. The lowest BCUT2D eigenvalue weighted by molar-refractivity contribution is -0.127. The number of hydrogen-bond acceptors (Lipinski definition) is 6. The van der Waals surface area contributed by atoms with Crippen LogP contribution in [-0.4, -0.2) is 76.1 Å². The molecule has 0 radical (unpaired) electrons. The molecule has 0 saturated carbocycles. The van der Waals surface area contributed by atoms with Crippen molar-refractivity contribution in [1.82, 2.24) is 14.8 Å². The first-order valence-electron chi connectivity index (χ1n) is 9.89. The molecule has 1 fully saturated rings. The van der Waals surface area contributed by atoms with Gasteiger partial charge in [0.25, 0.3) is 10.0 Å². The van der Waals surface area contributed by atoms with Gasteiger partial charge in [-0.05, 0) is 31.3 Å². The number of sulfonamides is 1. The van der Waals surface area contributed by atoms with E-state index in [1.807, 2.05) is 7.05 Å². The zero-order valence-electron chi connectivity index (χ0n) is 17.4. The highest BCUT2D eigenvalue weighted by Gasteiger charge is 2.26. The maximum Gasteiger partial charge on any atom is 0.277 e. The van der Waals surface area contributed by atoms with Gasteiger partial charge in [0.15, 0.2) is 10.8 Å². The van der Waals surface area contributed by atoms with Crippen LogP contribution in [0.5, 0.6) is 0 Å². The number of aromatic amines is 1. The second-order valence-electron chi connectivity index (χ2n) is 7.68. The number of benzene rings is 1. The minimum absolute atomic E-state index is 0.000779. The third-order valence-electron chi connectivity index (χ3n) is 5.50. The first-order chi connectivity index (χ1) is 14.8. The van der Waals surface area contributed by atoms with Gasteiger partial charge in [0, 0.05) is 51.1 Å². The van der Waals surface area contributed by atoms with Crippen molar-refractivity contribution in [3.63, 3.8) is 0 Å². The van der Waals surface area contributed by atoms with Crippen LogP contribution in [-0.2, 0) is 14.8 Å². The van der Waals surface area contributed by atoms with Gasteiger partial charge >= 0.3 is 0 Å². The molecule has 0 bridgehead atoms. The van der Waals surface area contributed by atoms with E-state index in [1.165, 1.54) is 24.4 Å². The van der Waals surface area contributed by atoms with Gasteiger partial charge in [-0.1, -0.05) is 0 Å². The SMILES string of the molecule is CN1CCN(C(=O)/C=C/c2c(NS(=O)(=O)c3ccc[nH]3)cc3c(c2F)NCN3C)CC1. The van der Waals surface area contributed by atoms with Crippen LogP contribution in [0.1, 0.15) is 5.56 Å². The van der Waals surface area contributed by atoms with Gasteiger partial charge < -0.3 is 25.0 Å². The topological polar surface area (TPSA) is 101 Å². The van der Waals surface area contributed by atoms with E-state index >= 15 is 4.39 Å². The molecular formula is C20H25FN6O3S. The molecule has 2 aromatic rings. The number of anilines is 3. The molecule has 0 spiro atoms. The summed E-state index contributed by atoms with van der Waals surface area (Å²) < 4.78 is 43.3. The molecule has 1 saturated heterocycles. The molecule has 1 aromatic carbocycles. The molecule has 3 N–H and O–H groups in total. The zero-order chi connectivity index (χ0) is 22.2. The normalized spacial score (nSPS) is 17.1. The van der Waals surface area contributed by atoms with Crippen molar-refractivity contribution in [2.45, 2.75) is 5.03 Å². The van der Waals surface area contributed by atoms with E-state index in [0.29, 0.717) is 25.4 Å². The Kier molecular flexibility index (Phi) is 5.63. The van der Waals surface area contributed by atoms with E-state index < -0.39 is 15.8 Å². The number of amides is 1. The fourth-order valence-corrected chi connectivity index (χ4v) is 4.67. The van der Waals surface area contributed by atoms with Gasteiger partial charge in [0.1, 0.15) is 0 Å². The van der Waals surface area contributed by atoms with Crippen LogP contribution in [0.3, 0.4) is 0 Å². The van der Waals surface area contributed by atoms with Crippen LogP contribution in [0.4, 0.5) is 21.5 Å². The van der Waals surface area contributed by atoms with Crippen LogP contribution < -0.4 is 14.9 Å². The summed E-state index contributed by atoms with van der Waals surface area (Å²) in [5.41, 5.74) is 0.865. The number of fused-ring (bicyclic) bond motifs is 1. The molecule has 2 aliphatic rings. The first-order valence-corrected chi connectivity index (χ1v) is 11.4. The number of carbonyl (C=O) groups excluding carboxylic acids is 1. The Hall–Kier alpha value is -3.05. The summed E-state index contributed by atoms with van der Waals surface area (Å²) in [6, 6.07) is 4.54. The number of nitrogens with one attached hydrogen (secondary N) is 3. The molecular weight excluding hydrogens is 423 g/mol. The van der Waals surface area contributed by atoms with Crippen molar-refractivity contribution in [1.29, 1.82) is 0 Å². The summed E-state index contributed by atoms with van der Waals surface area (Å²) in [5, 5.41) is 2.93. The van der Waals surface area contributed by atoms with E-state index in [9.17, 15) is 13.2 Å². The lowest BCUT2D eigenvalue weighted by Gasteiger charge is -2.31. The van der Waals surface area contributed by atoms with E-state index in [1.54, 1.807) is 29.0 Å². The third-order valence-corrected chi connectivity index (χ3v) is 6.82. The van der Waals surface area contributed by atoms with Crippen molar-refractivity contribution in [3.8, 4) is 0 Å². The lowest BCUT2D eigenvalue weighted by atomic mass is 10.1.